The summed E-state index contributed by atoms with van der Waals surface area (Å²) in [6.07, 6.45) is 0.361. The molecule has 1 aromatic carbocycles. The van der Waals surface area contributed by atoms with Crippen LogP contribution in [0.2, 0.25) is 0 Å². The molecule has 1 saturated heterocycles. The van der Waals surface area contributed by atoms with Gasteiger partial charge in [0.1, 0.15) is 5.82 Å². The number of anilines is 1. The van der Waals surface area contributed by atoms with Crippen molar-refractivity contribution in [2.24, 2.45) is 5.92 Å². The van der Waals surface area contributed by atoms with Crippen LogP contribution in [0.3, 0.4) is 0 Å². The molecule has 23 heavy (non-hydrogen) atoms. The van der Waals surface area contributed by atoms with Crippen LogP contribution in [0.15, 0.2) is 16.6 Å². The largest absolute Gasteiger partial charge is 0.481 e. The number of carbonyl (C=O) groups is 3. The van der Waals surface area contributed by atoms with E-state index in [2.05, 4.69) is 26.0 Å². The molecule has 1 unspecified atom stereocenters. The van der Waals surface area contributed by atoms with E-state index in [0.29, 0.717) is 13.0 Å². The summed E-state index contributed by atoms with van der Waals surface area (Å²) < 4.78 is 18.2. The number of hydrogen-bond acceptors (Lipinski definition) is 4. The van der Waals surface area contributed by atoms with Crippen molar-refractivity contribution < 1.29 is 28.6 Å². The number of hydrogen-bond donors (Lipinski definition) is 2. The van der Waals surface area contributed by atoms with Gasteiger partial charge in [0, 0.05) is 13.1 Å². The summed E-state index contributed by atoms with van der Waals surface area (Å²) in [6, 6.07) is 1.65. The normalized spacial score (nSPS) is 17.0. The van der Waals surface area contributed by atoms with Crippen LogP contribution >= 0.6 is 15.9 Å². The van der Waals surface area contributed by atoms with Gasteiger partial charge in [-0.05, 0) is 34.5 Å². The maximum Gasteiger partial charge on any atom is 0.340 e. The molecule has 1 heterocycles. The van der Waals surface area contributed by atoms with E-state index in [1.807, 2.05) is 0 Å². The van der Waals surface area contributed by atoms with E-state index < -0.39 is 29.7 Å². The van der Waals surface area contributed by atoms with Gasteiger partial charge in [-0.2, -0.15) is 0 Å². The molecule has 9 heteroatoms. The van der Waals surface area contributed by atoms with Crippen molar-refractivity contribution in [3.8, 4) is 0 Å². The zero-order valence-corrected chi connectivity index (χ0v) is 13.7. The van der Waals surface area contributed by atoms with Crippen molar-refractivity contribution in [1.29, 1.82) is 0 Å². The number of nitrogens with zero attached hydrogens (tertiary/aromatic N) is 1. The van der Waals surface area contributed by atoms with Gasteiger partial charge in [-0.15, -0.1) is 0 Å². The van der Waals surface area contributed by atoms with E-state index in [-0.39, 0.29) is 22.3 Å². The maximum atomic E-state index is 13.6. The Hall–Kier alpha value is -2.16. The molecule has 0 aliphatic carbocycles. The number of carboxylic acids is 1. The first-order chi connectivity index (χ1) is 10.8. The zero-order chi connectivity index (χ0) is 17.1. The molecule has 2 N–H and O–H groups in total. The topological polar surface area (TPSA) is 95.9 Å². The Kier molecular flexibility index (Phi) is 5.19. The van der Waals surface area contributed by atoms with E-state index >= 15 is 0 Å². The number of carboxylic acid groups (broad SMARTS) is 1. The molecule has 1 aliphatic heterocycles. The van der Waals surface area contributed by atoms with E-state index in [0.717, 1.165) is 13.2 Å². The number of urea groups is 1. The molecular weight excluding hydrogens is 375 g/mol. The first kappa shape index (κ1) is 17.2. The van der Waals surface area contributed by atoms with Gasteiger partial charge in [0.2, 0.25) is 0 Å². The number of amides is 2. The van der Waals surface area contributed by atoms with Crippen LogP contribution in [0.4, 0.5) is 14.9 Å². The number of aliphatic carboxylic acids is 1. The average molecular weight is 389 g/mol. The second kappa shape index (κ2) is 6.95. The second-order valence-electron chi connectivity index (χ2n) is 5.00. The number of methoxy groups -OCH3 is 1. The van der Waals surface area contributed by atoms with Crippen molar-refractivity contribution in [3.63, 3.8) is 0 Å². The fourth-order valence-electron chi connectivity index (χ4n) is 2.27. The second-order valence-corrected chi connectivity index (χ2v) is 5.86. The SMILES string of the molecule is COC(=O)c1cc(F)c(Br)cc1NC(=O)N1CCC(C(=O)O)C1. The van der Waals surface area contributed by atoms with Gasteiger partial charge in [0.15, 0.2) is 0 Å². The summed E-state index contributed by atoms with van der Waals surface area (Å²) in [4.78, 5) is 36.2. The van der Waals surface area contributed by atoms with Crippen molar-refractivity contribution in [2.45, 2.75) is 6.42 Å². The van der Waals surface area contributed by atoms with Crippen LogP contribution < -0.4 is 5.32 Å². The molecule has 0 bridgehead atoms. The Bertz CT molecular complexity index is 667. The smallest absolute Gasteiger partial charge is 0.340 e. The van der Waals surface area contributed by atoms with E-state index in [9.17, 15) is 18.8 Å². The van der Waals surface area contributed by atoms with Gasteiger partial charge >= 0.3 is 18.0 Å². The van der Waals surface area contributed by atoms with Crippen LogP contribution in [-0.2, 0) is 9.53 Å². The van der Waals surface area contributed by atoms with Gasteiger partial charge in [0.05, 0.1) is 28.8 Å². The molecule has 1 aliphatic rings. The van der Waals surface area contributed by atoms with Crippen molar-refractivity contribution in [3.05, 3.63) is 28.0 Å². The van der Waals surface area contributed by atoms with Crippen molar-refractivity contribution in [2.75, 3.05) is 25.5 Å². The highest BCUT2D eigenvalue weighted by molar-refractivity contribution is 9.10. The van der Waals surface area contributed by atoms with Crippen LogP contribution in [0.5, 0.6) is 0 Å². The Balaban J connectivity index is 2.19. The number of ether oxygens (including phenoxy) is 1. The van der Waals surface area contributed by atoms with Gasteiger partial charge < -0.3 is 20.1 Å². The lowest BCUT2D eigenvalue weighted by atomic mass is 10.1. The highest BCUT2D eigenvalue weighted by Crippen LogP contribution is 2.26. The van der Waals surface area contributed by atoms with E-state index in [4.69, 9.17) is 5.11 Å². The summed E-state index contributed by atoms with van der Waals surface area (Å²) in [5.41, 5.74) is -0.0515. The molecule has 2 amide bonds. The molecule has 0 aromatic heterocycles. The molecule has 0 spiro atoms. The average Bonchev–Trinajstić information content (AvgIpc) is 3.00. The molecule has 1 aromatic rings. The number of halogens is 2. The van der Waals surface area contributed by atoms with Crippen LogP contribution in [0, 0.1) is 11.7 Å². The molecule has 1 fully saturated rings. The lowest BCUT2D eigenvalue weighted by molar-refractivity contribution is -0.141. The summed E-state index contributed by atoms with van der Waals surface area (Å²) in [6.45, 7) is 0.371. The highest BCUT2D eigenvalue weighted by atomic mass is 79.9. The number of carbonyl (C=O) groups excluding carboxylic acids is 2. The third-order valence-corrected chi connectivity index (χ3v) is 4.14. The first-order valence-corrected chi connectivity index (χ1v) is 7.49. The van der Waals surface area contributed by atoms with Gasteiger partial charge in [-0.25, -0.2) is 14.0 Å². The minimum absolute atomic E-state index is 0.0743. The standard InChI is InChI=1S/C14H14BrFN2O5/c1-23-13(21)8-4-10(16)9(15)5-11(8)17-14(22)18-3-2-7(6-18)12(19)20/h4-5,7H,2-3,6H2,1H3,(H,17,22)(H,19,20). The third-order valence-electron chi connectivity index (χ3n) is 3.53. The minimum atomic E-state index is -0.958. The molecule has 7 nitrogen and oxygen atoms in total. The number of benzene rings is 1. The van der Waals surface area contributed by atoms with Crippen molar-refractivity contribution >= 4 is 39.6 Å². The number of likely N-dealkylation sites (tertiary alicyclic amines) is 1. The van der Waals surface area contributed by atoms with Gasteiger partial charge in [-0.1, -0.05) is 0 Å². The van der Waals surface area contributed by atoms with E-state index in [1.165, 1.54) is 11.0 Å². The third kappa shape index (κ3) is 3.79. The van der Waals surface area contributed by atoms with Crippen LogP contribution in [0.25, 0.3) is 0 Å². The molecule has 124 valence electrons. The zero-order valence-electron chi connectivity index (χ0n) is 12.1. The minimum Gasteiger partial charge on any atom is -0.481 e. The predicted molar refractivity (Wildman–Crippen MR) is 81.8 cm³/mol. The highest BCUT2D eigenvalue weighted by Gasteiger charge is 2.31. The molecular formula is C14H14BrFN2O5. The summed E-state index contributed by atoms with van der Waals surface area (Å²) in [7, 11) is 1.14. The maximum absolute atomic E-state index is 13.6. The Morgan fingerprint density at radius 3 is 2.70 bits per heavy atom. The quantitative estimate of drug-likeness (QED) is 0.774. The Morgan fingerprint density at radius 2 is 2.13 bits per heavy atom. The summed E-state index contributed by atoms with van der Waals surface area (Å²) in [5, 5.41) is 11.4. The Labute approximate surface area is 139 Å². The van der Waals surface area contributed by atoms with E-state index in [1.54, 1.807) is 0 Å². The number of esters is 1. The lowest BCUT2D eigenvalue weighted by Gasteiger charge is -2.18. The molecule has 0 saturated carbocycles. The monoisotopic (exact) mass is 388 g/mol. The van der Waals surface area contributed by atoms with Crippen LogP contribution in [-0.4, -0.2) is 48.2 Å². The fraction of sp³-hybridized carbons (Fsp3) is 0.357. The molecule has 0 radical (unpaired) electrons. The predicted octanol–water partition coefficient (Wildman–Crippen LogP) is 2.31. The number of nitrogens with one attached hydrogen (secondary N) is 1. The molecule has 2 rings (SSSR count). The van der Waals surface area contributed by atoms with Crippen LogP contribution in [0.1, 0.15) is 16.8 Å². The fourth-order valence-corrected chi connectivity index (χ4v) is 2.61. The lowest BCUT2D eigenvalue weighted by Crippen LogP contribution is -2.34. The summed E-state index contributed by atoms with van der Waals surface area (Å²) in [5.74, 6) is -3.03. The summed E-state index contributed by atoms with van der Waals surface area (Å²) >= 11 is 2.98. The molecule has 1 atom stereocenters. The number of rotatable bonds is 3. The Morgan fingerprint density at radius 1 is 1.43 bits per heavy atom. The first-order valence-electron chi connectivity index (χ1n) is 6.69. The van der Waals surface area contributed by atoms with Crippen molar-refractivity contribution in [1.82, 2.24) is 4.90 Å². The van der Waals surface area contributed by atoms with Gasteiger partial charge in [0.25, 0.3) is 0 Å². The van der Waals surface area contributed by atoms with Gasteiger partial charge in [-0.3, -0.25) is 4.79 Å².